The molecular weight excluding hydrogens is 272 g/mol. The average Bonchev–Trinajstić information content (AvgIpc) is 2.47. The maximum absolute atomic E-state index is 12.1. The van der Waals surface area contributed by atoms with E-state index < -0.39 is 0 Å². The standard InChI is InChI=1S/C16H17ClN2O/c1-3-11(2)12-4-6-13(7-5-12)19-16(20)14-10-18-9-8-15(14)17/h4-11H,3H2,1-2H3,(H,19,20). The molecule has 2 rings (SSSR count). The molecule has 1 heterocycles. The third kappa shape index (κ3) is 3.36. The minimum absolute atomic E-state index is 0.251. The molecule has 1 atom stereocenters. The predicted molar refractivity (Wildman–Crippen MR) is 82.3 cm³/mol. The van der Waals surface area contributed by atoms with Gasteiger partial charge in [-0.05, 0) is 36.1 Å². The van der Waals surface area contributed by atoms with Crippen LogP contribution in [-0.4, -0.2) is 10.9 Å². The average molecular weight is 289 g/mol. The van der Waals surface area contributed by atoms with Crippen LogP contribution in [0.15, 0.2) is 42.7 Å². The van der Waals surface area contributed by atoms with E-state index in [9.17, 15) is 4.79 Å². The van der Waals surface area contributed by atoms with Gasteiger partial charge in [0.15, 0.2) is 0 Å². The van der Waals surface area contributed by atoms with Gasteiger partial charge in [0.2, 0.25) is 0 Å². The molecular formula is C16H17ClN2O. The van der Waals surface area contributed by atoms with Gasteiger partial charge in [-0.2, -0.15) is 0 Å². The summed E-state index contributed by atoms with van der Waals surface area (Å²) in [5.41, 5.74) is 2.40. The molecule has 1 N–H and O–H groups in total. The first-order chi connectivity index (χ1) is 9.61. The van der Waals surface area contributed by atoms with Gasteiger partial charge in [-0.3, -0.25) is 9.78 Å². The van der Waals surface area contributed by atoms with Gasteiger partial charge in [0.05, 0.1) is 10.6 Å². The van der Waals surface area contributed by atoms with Crippen molar-refractivity contribution < 1.29 is 4.79 Å². The first-order valence-electron chi connectivity index (χ1n) is 6.62. The van der Waals surface area contributed by atoms with Gasteiger partial charge in [-0.25, -0.2) is 0 Å². The summed E-state index contributed by atoms with van der Waals surface area (Å²) in [4.78, 5) is 16.0. The van der Waals surface area contributed by atoms with Crippen LogP contribution in [0.2, 0.25) is 5.02 Å². The molecule has 3 nitrogen and oxygen atoms in total. The van der Waals surface area contributed by atoms with Gasteiger partial charge in [-0.1, -0.05) is 37.6 Å². The summed E-state index contributed by atoms with van der Waals surface area (Å²) >= 11 is 5.97. The van der Waals surface area contributed by atoms with Crippen LogP contribution in [0.25, 0.3) is 0 Å². The highest BCUT2D eigenvalue weighted by Gasteiger charge is 2.10. The van der Waals surface area contributed by atoms with Crippen molar-refractivity contribution in [3.8, 4) is 0 Å². The highest BCUT2D eigenvalue weighted by Crippen LogP contribution is 2.21. The van der Waals surface area contributed by atoms with Crippen LogP contribution in [0.1, 0.15) is 42.1 Å². The molecule has 0 aliphatic carbocycles. The Morgan fingerprint density at radius 3 is 2.60 bits per heavy atom. The second kappa shape index (κ2) is 6.53. The number of carbonyl (C=O) groups is 1. The summed E-state index contributed by atoms with van der Waals surface area (Å²) in [6.45, 7) is 4.34. The number of aromatic nitrogens is 1. The molecule has 2 aromatic rings. The molecule has 0 aliphatic rings. The molecule has 4 heteroatoms. The first kappa shape index (κ1) is 14.5. The van der Waals surface area contributed by atoms with E-state index in [0.29, 0.717) is 16.5 Å². The lowest BCUT2D eigenvalue weighted by Gasteiger charge is -2.10. The molecule has 0 saturated heterocycles. The van der Waals surface area contributed by atoms with E-state index in [1.54, 1.807) is 12.3 Å². The van der Waals surface area contributed by atoms with E-state index in [0.717, 1.165) is 12.1 Å². The van der Waals surface area contributed by atoms with E-state index in [1.165, 1.54) is 11.8 Å². The number of nitrogens with zero attached hydrogens (tertiary/aromatic N) is 1. The SMILES string of the molecule is CCC(C)c1ccc(NC(=O)c2cnccc2Cl)cc1. The lowest BCUT2D eigenvalue weighted by molar-refractivity contribution is 0.102. The van der Waals surface area contributed by atoms with Crippen molar-refractivity contribution in [1.82, 2.24) is 4.98 Å². The quantitative estimate of drug-likeness (QED) is 0.900. The summed E-state index contributed by atoms with van der Waals surface area (Å²) in [5, 5.41) is 3.22. The summed E-state index contributed by atoms with van der Waals surface area (Å²) in [6, 6.07) is 9.49. The smallest absolute Gasteiger partial charge is 0.258 e. The molecule has 104 valence electrons. The van der Waals surface area contributed by atoms with Crippen molar-refractivity contribution in [1.29, 1.82) is 0 Å². The summed E-state index contributed by atoms with van der Waals surface area (Å²) < 4.78 is 0. The first-order valence-corrected chi connectivity index (χ1v) is 7.00. The monoisotopic (exact) mass is 288 g/mol. The van der Waals surface area contributed by atoms with Crippen molar-refractivity contribution in [3.63, 3.8) is 0 Å². The molecule has 1 aromatic heterocycles. The maximum atomic E-state index is 12.1. The van der Waals surface area contributed by atoms with Crippen LogP contribution in [0, 0.1) is 0 Å². The van der Waals surface area contributed by atoms with Gasteiger partial charge in [0.1, 0.15) is 0 Å². The third-order valence-corrected chi connectivity index (χ3v) is 3.69. The number of amides is 1. The minimum Gasteiger partial charge on any atom is -0.322 e. The molecule has 0 bridgehead atoms. The third-order valence-electron chi connectivity index (χ3n) is 3.36. The lowest BCUT2D eigenvalue weighted by atomic mass is 9.98. The van der Waals surface area contributed by atoms with Gasteiger partial charge in [-0.15, -0.1) is 0 Å². The fraction of sp³-hybridized carbons (Fsp3) is 0.250. The number of hydrogen-bond donors (Lipinski definition) is 1. The van der Waals surface area contributed by atoms with Gasteiger partial charge in [0, 0.05) is 18.1 Å². The zero-order valence-corrected chi connectivity index (χ0v) is 12.3. The molecule has 1 aromatic carbocycles. The summed E-state index contributed by atoms with van der Waals surface area (Å²) in [5.74, 6) is 0.270. The molecule has 0 spiro atoms. The number of nitrogens with one attached hydrogen (secondary N) is 1. The van der Waals surface area contributed by atoms with Crippen LogP contribution in [0.4, 0.5) is 5.69 Å². The number of benzene rings is 1. The van der Waals surface area contributed by atoms with Gasteiger partial charge in [0.25, 0.3) is 5.91 Å². The highest BCUT2D eigenvalue weighted by atomic mass is 35.5. The number of anilines is 1. The zero-order valence-electron chi connectivity index (χ0n) is 11.6. The summed E-state index contributed by atoms with van der Waals surface area (Å²) in [6.07, 6.45) is 4.11. The Kier molecular flexibility index (Phi) is 4.74. The molecule has 20 heavy (non-hydrogen) atoms. The number of carbonyl (C=O) groups excluding carboxylic acids is 1. The molecule has 0 radical (unpaired) electrons. The predicted octanol–water partition coefficient (Wildman–Crippen LogP) is 4.50. The van der Waals surface area contributed by atoms with Crippen LogP contribution >= 0.6 is 11.6 Å². The minimum atomic E-state index is -0.251. The van der Waals surface area contributed by atoms with Crippen LogP contribution < -0.4 is 5.32 Å². The molecule has 1 amide bonds. The van der Waals surface area contributed by atoms with Crippen molar-refractivity contribution in [2.45, 2.75) is 26.2 Å². The van der Waals surface area contributed by atoms with E-state index in [1.807, 2.05) is 24.3 Å². The largest absolute Gasteiger partial charge is 0.322 e. The van der Waals surface area contributed by atoms with Crippen LogP contribution in [-0.2, 0) is 0 Å². The van der Waals surface area contributed by atoms with Crippen molar-refractivity contribution in [3.05, 3.63) is 58.9 Å². The topological polar surface area (TPSA) is 42.0 Å². The Hall–Kier alpha value is -1.87. The van der Waals surface area contributed by atoms with E-state index in [-0.39, 0.29) is 5.91 Å². The van der Waals surface area contributed by atoms with Crippen LogP contribution in [0.3, 0.4) is 0 Å². The molecule has 1 unspecified atom stereocenters. The van der Waals surface area contributed by atoms with Crippen LogP contribution in [0.5, 0.6) is 0 Å². The summed E-state index contributed by atoms with van der Waals surface area (Å²) in [7, 11) is 0. The second-order valence-electron chi connectivity index (χ2n) is 4.74. The Morgan fingerprint density at radius 2 is 2.00 bits per heavy atom. The lowest BCUT2D eigenvalue weighted by Crippen LogP contribution is -2.12. The fourth-order valence-corrected chi connectivity index (χ4v) is 2.06. The Morgan fingerprint density at radius 1 is 1.30 bits per heavy atom. The fourth-order valence-electron chi connectivity index (χ4n) is 1.87. The number of pyridine rings is 1. The van der Waals surface area contributed by atoms with Gasteiger partial charge >= 0.3 is 0 Å². The van der Waals surface area contributed by atoms with E-state index in [2.05, 4.69) is 24.1 Å². The molecule has 0 fully saturated rings. The Balaban J connectivity index is 2.11. The normalized spacial score (nSPS) is 11.9. The second-order valence-corrected chi connectivity index (χ2v) is 5.15. The highest BCUT2D eigenvalue weighted by molar-refractivity contribution is 6.34. The van der Waals surface area contributed by atoms with E-state index in [4.69, 9.17) is 11.6 Å². The number of hydrogen-bond acceptors (Lipinski definition) is 2. The van der Waals surface area contributed by atoms with Crippen molar-refractivity contribution in [2.24, 2.45) is 0 Å². The maximum Gasteiger partial charge on any atom is 0.258 e. The Bertz CT molecular complexity index is 596. The van der Waals surface area contributed by atoms with Crippen molar-refractivity contribution in [2.75, 3.05) is 5.32 Å². The Labute approximate surface area is 124 Å². The zero-order chi connectivity index (χ0) is 14.5. The number of rotatable bonds is 4. The van der Waals surface area contributed by atoms with E-state index >= 15 is 0 Å². The van der Waals surface area contributed by atoms with Crippen molar-refractivity contribution >= 4 is 23.2 Å². The number of halogens is 1. The molecule has 0 saturated carbocycles. The molecule has 0 aliphatic heterocycles. The van der Waals surface area contributed by atoms with Gasteiger partial charge < -0.3 is 5.32 Å².